The summed E-state index contributed by atoms with van der Waals surface area (Å²) in [5.41, 5.74) is 0. The van der Waals surface area contributed by atoms with Gasteiger partial charge in [0.25, 0.3) is 0 Å². The number of morpholine rings is 1. The van der Waals surface area contributed by atoms with Crippen LogP contribution in [0, 0.1) is 17.0 Å². The molecule has 1 saturated heterocycles. The number of rotatable bonds is 2. The summed E-state index contributed by atoms with van der Waals surface area (Å²) in [6, 6.07) is 0. The number of ether oxygens (including phenoxy) is 1. The van der Waals surface area contributed by atoms with Gasteiger partial charge in [0.1, 0.15) is 13.1 Å². The van der Waals surface area contributed by atoms with E-state index in [1.165, 1.54) is 19.3 Å². The number of nitrogens with zero attached hydrogens (tertiary/aromatic N) is 1. The highest BCUT2D eigenvalue weighted by Gasteiger charge is 2.29. The molecule has 82 valence electrons. The molecule has 3 nitrogen and oxygen atoms in total. The van der Waals surface area contributed by atoms with Crippen LogP contribution in [0.5, 0.6) is 0 Å². The van der Waals surface area contributed by atoms with Crippen molar-refractivity contribution in [3.05, 3.63) is 5.21 Å². The molecule has 1 saturated carbocycles. The summed E-state index contributed by atoms with van der Waals surface area (Å²) in [7, 11) is 0. The Labute approximate surface area is 86.2 Å². The Morgan fingerprint density at radius 1 is 1.29 bits per heavy atom. The quantitative estimate of drug-likeness (QED) is 0.501. The van der Waals surface area contributed by atoms with Crippen molar-refractivity contribution < 1.29 is 9.38 Å². The Hall–Kier alpha value is -0.120. The Balaban J connectivity index is 1.83. The molecule has 0 aromatic carbocycles. The van der Waals surface area contributed by atoms with Crippen LogP contribution in [0.25, 0.3) is 0 Å². The van der Waals surface area contributed by atoms with Gasteiger partial charge in [-0.15, -0.1) is 0 Å². The topological polar surface area (TPSA) is 32.3 Å². The standard InChI is InChI=1S/C11H21NO2/c1-10-2-3-11(8-10)9-12(13)4-6-14-7-5-12/h10-11H,2-9H2,1H3. The fourth-order valence-corrected chi connectivity index (χ4v) is 2.82. The van der Waals surface area contributed by atoms with E-state index in [1.807, 2.05) is 0 Å². The van der Waals surface area contributed by atoms with Gasteiger partial charge in [-0.3, -0.25) is 0 Å². The second-order valence-corrected chi connectivity index (χ2v) is 5.08. The first kappa shape index (κ1) is 10.4. The smallest absolute Gasteiger partial charge is 0.102 e. The number of hydroxylamine groups is 3. The van der Waals surface area contributed by atoms with Crippen molar-refractivity contribution in [3.8, 4) is 0 Å². The monoisotopic (exact) mass is 199 g/mol. The third-order valence-corrected chi connectivity index (χ3v) is 3.68. The first-order valence-corrected chi connectivity index (χ1v) is 5.83. The van der Waals surface area contributed by atoms with Gasteiger partial charge in [0.2, 0.25) is 0 Å². The largest absolute Gasteiger partial charge is 0.633 e. The minimum atomic E-state index is 0.0113. The van der Waals surface area contributed by atoms with Crippen molar-refractivity contribution >= 4 is 0 Å². The van der Waals surface area contributed by atoms with E-state index in [4.69, 9.17) is 4.74 Å². The van der Waals surface area contributed by atoms with Gasteiger partial charge in [0.15, 0.2) is 0 Å². The molecule has 0 spiro atoms. The van der Waals surface area contributed by atoms with Crippen LogP contribution in [0.15, 0.2) is 0 Å². The molecule has 3 heteroatoms. The van der Waals surface area contributed by atoms with Gasteiger partial charge in [-0.05, 0) is 18.8 Å². The molecule has 2 fully saturated rings. The zero-order valence-corrected chi connectivity index (χ0v) is 9.08. The van der Waals surface area contributed by atoms with Crippen LogP contribution in [-0.2, 0) is 4.74 Å². The normalized spacial score (nSPS) is 37.3. The Kier molecular flexibility index (Phi) is 3.10. The maximum atomic E-state index is 12.2. The van der Waals surface area contributed by atoms with Gasteiger partial charge in [0.05, 0.1) is 19.8 Å². The summed E-state index contributed by atoms with van der Waals surface area (Å²) < 4.78 is 5.25. The molecule has 0 N–H and O–H groups in total. The van der Waals surface area contributed by atoms with E-state index in [1.54, 1.807) is 0 Å². The minimum Gasteiger partial charge on any atom is -0.633 e. The summed E-state index contributed by atoms with van der Waals surface area (Å²) in [6.45, 7) is 5.80. The van der Waals surface area contributed by atoms with E-state index in [-0.39, 0.29) is 4.65 Å². The van der Waals surface area contributed by atoms with E-state index in [0.29, 0.717) is 32.2 Å². The maximum absolute atomic E-state index is 12.2. The van der Waals surface area contributed by atoms with Crippen molar-refractivity contribution in [2.45, 2.75) is 26.2 Å². The van der Waals surface area contributed by atoms with Gasteiger partial charge in [-0.25, -0.2) is 0 Å². The van der Waals surface area contributed by atoms with E-state index in [0.717, 1.165) is 12.5 Å². The van der Waals surface area contributed by atoms with Crippen molar-refractivity contribution in [3.63, 3.8) is 0 Å². The van der Waals surface area contributed by atoms with Crippen LogP contribution in [0.2, 0.25) is 0 Å². The highest BCUT2D eigenvalue weighted by Crippen LogP contribution is 2.32. The van der Waals surface area contributed by atoms with E-state index < -0.39 is 0 Å². The average Bonchev–Trinajstić information content (AvgIpc) is 2.51. The molecule has 2 atom stereocenters. The van der Waals surface area contributed by atoms with E-state index in [9.17, 15) is 5.21 Å². The molecular formula is C11H21NO2. The highest BCUT2D eigenvalue weighted by molar-refractivity contribution is 4.73. The fourth-order valence-electron chi connectivity index (χ4n) is 2.82. The SMILES string of the molecule is CC1CCC(C[N+]2([O-])CCOCC2)C1. The van der Waals surface area contributed by atoms with Crippen molar-refractivity contribution in [2.24, 2.45) is 11.8 Å². The lowest BCUT2D eigenvalue weighted by atomic mass is 10.1. The predicted molar refractivity (Wildman–Crippen MR) is 55.6 cm³/mol. The third kappa shape index (κ3) is 2.47. The van der Waals surface area contributed by atoms with Gasteiger partial charge in [0, 0.05) is 5.92 Å². The molecular weight excluding hydrogens is 178 g/mol. The van der Waals surface area contributed by atoms with Crippen LogP contribution in [0.3, 0.4) is 0 Å². The average molecular weight is 199 g/mol. The van der Waals surface area contributed by atoms with Crippen LogP contribution in [-0.4, -0.2) is 37.5 Å². The molecule has 1 aliphatic carbocycles. The van der Waals surface area contributed by atoms with Gasteiger partial charge < -0.3 is 14.6 Å². The Bertz CT molecular complexity index is 190. The third-order valence-electron chi connectivity index (χ3n) is 3.68. The summed E-state index contributed by atoms with van der Waals surface area (Å²) in [5, 5.41) is 12.2. The lowest BCUT2D eigenvalue weighted by molar-refractivity contribution is -0.891. The molecule has 0 radical (unpaired) electrons. The summed E-state index contributed by atoms with van der Waals surface area (Å²) in [6.07, 6.45) is 3.86. The second kappa shape index (κ2) is 4.17. The second-order valence-electron chi connectivity index (χ2n) is 5.08. The van der Waals surface area contributed by atoms with Gasteiger partial charge in [-0.1, -0.05) is 13.3 Å². The highest BCUT2D eigenvalue weighted by atomic mass is 16.6. The number of quaternary nitrogens is 1. The van der Waals surface area contributed by atoms with Crippen molar-refractivity contribution in [1.82, 2.24) is 0 Å². The van der Waals surface area contributed by atoms with Gasteiger partial charge in [-0.2, -0.15) is 0 Å². The van der Waals surface area contributed by atoms with E-state index in [2.05, 4.69) is 6.92 Å². The number of hydrogen-bond donors (Lipinski definition) is 0. The molecule has 0 aromatic heterocycles. The van der Waals surface area contributed by atoms with Crippen LogP contribution in [0.4, 0.5) is 0 Å². The molecule has 1 aliphatic heterocycles. The minimum absolute atomic E-state index is 0.0113. The zero-order chi connectivity index (χ0) is 10.0. The Morgan fingerprint density at radius 2 is 2.00 bits per heavy atom. The van der Waals surface area contributed by atoms with Crippen molar-refractivity contribution in [2.75, 3.05) is 32.8 Å². The van der Waals surface area contributed by atoms with Crippen molar-refractivity contribution in [1.29, 1.82) is 0 Å². The molecule has 2 rings (SSSR count). The molecule has 0 aromatic rings. The summed E-state index contributed by atoms with van der Waals surface area (Å²) >= 11 is 0. The lowest BCUT2D eigenvalue weighted by Crippen LogP contribution is -2.52. The molecule has 2 aliphatic rings. The summed E-state index contributed by atoms with van der Waals surface area (Å²) in [4.78, 5) is 0. The molecule has 2 unspecified atom stereocenters. The zero-order valence-electron chi connectivity index (χ0n) is 9.08. The first-order valence-electron chi connectivity index (χ1n) is 5.83. The maximum Gasteiger partial charge on any atom is 0.102 e. The number of hydrogen-bond acceptors (Lipinski definition) is 2. The fraction of sp³-hybridized carbons (Fsp3) is 1.00. The molecule has 1 heterocycles. The molecule has 0 bridgehead atoms. The van der Waals surface area contributed by atoms with Crippen LogP contribution < -0.4 is 0 Å². The predicted octanol–water partition coefficient (Wildman–Crippen LogP) is 1.77. The van der Waals surface area contributed by atoms with Gasteiger partial charge >= 0.3 is 0 Å². The van der Waals surface area contributed by atoms with Crippen LogP contribution in [0.1, 0.15) is 26.2 Å². The lowest BCUT2D eigenvalue weighted by Gasteiger charge is -2.46. The Morgan fingerprint density at radius 3 is 2.57 bits per heavy atom. The van der Waals surface area contributed by atoms with Crippen LogP contribution >= 0.6 is 0 Å². The molecule has 0 amide bonds. The molecule has 14 heavy (non-hydrogen) atoms. The first-order chi connectivity index (χ1) is 6.68. The summed E-state index contributed by atoms with van der Waals surface area (Å²) in [5.74, 6) is 1.52. The van der Waals surface area contributed by atoms with E-state index >= 15 is 0 Å².